The van der Waals surface area contributed by atoms with E-state index in [1.165, 1.54) is 28.0 Å². The molecule has 244 valence electrons. The number of nitrogen functional groups attached to an aromatic ring is 1. The van der Waals surface area contributed by atoms with Crippen LogP contribution in [0.1, 0.15) is 117 Å². The van der Waals surface area contributed by atoms with Crippen molar-refractivity contribution < 1.29 is 9.90 Å². The molecule has 45 heavy (non-hydrogen) atoms. The first kappa shape index (κ1) is 30.8. The van der Waals surface area contributed by atoms with Gasteiger partial charge in [0.2, 0.25) is 0 Å². The average Bonchev–Trinajstić information content (AvgIpc) is 3.33. The number of carbonyl (C=O) groups is 1. The fourth-order valence-electron chi connectivity index (χ4n) is 12.3. The SMILES string of the molecule is CN(C)c1cc(C2=C3[C@@H]4CC(C)(C)CC[C@]4(C(=O)O)CC[C@@]3(C)[C@]3(C)CC[C@H]4C(C)(C)c5[nH]nc(N)c5C[C@]4(C)C3C2)ccn1. The van der Waals surface area contributed by atoms with Crippen molar-refractivity contribution in [2.75, 3.05) is 24.7 Å². The Bertz CT molecular complexity index is 1600. The van der Waals surface area contributed by atoms with Gasteiger partial charge < -0.3 is 15.7 Å². The van der Waals surface area contributed by atoms with Crippen molar-refractivity contribution in [1.82, 2.24) is 15.2 Å². The largest absolute Gasteiger partial charge is 0.481 e. The van der Waals surface area contributed by atoms with Crippen LogP contribution in [0.15, 0.2) is 23.9 Å². The summed E-state index contributed by atoms with van der Waals surface area (Å²) in [4.78, 5) is 20.2. The third-order valence-corrected chi connectivity index (χ3v) is 14.9. The monoisotopic (exact) mass is 613 g/mol. The van der Waals surface area contributed by atoms with Crippen LogP contribution in [0.25, 0.3) is 5.57 Å². The zero-order chi connectivity index (χ0) is 32.5. The van der Waals surface area contributed by atoms with Gasteiger partial charge in [0.15, 0.2) is 0 Å². The predicted molar refractivity (Wildman–Crippen MR) is 181 cm³/mol. The highest BCUT2D eigenvalue weighted by Gasteiger charge is 2.70. The zero-order valence-electron chi connectivity index (χ0n) is 29.1. The summed E-state index contributed by atoms with van der Waals surface area (Å²) in [6.45, 7) is 17.2. The Balaban J connectivity index is 1.49. The lowest BCUT2D eigenvalue weighted by molar-refractivity contribution is -0.175. The maximum Gasteiger partial charge on any atom is 0.310 e. The molecule has 5 aliphatic carbocycles. The van der Waals surface area contributed by atoms with E-state index in [0.717, 1.165) is 63.6 Å². The van der Waals surface area contributed by atoms with Crippen molar-refractivity contribution >= 4 is 23.2 Å². The molecule has 0 bridgehead atoms. The average molecular weight is 614 g/mol. The number of carboxylic acids is 1. The molecule has 3 fully saturated rings. The van der Waals surface area contributed by atoms with E-state index < -0.39 is 11.4 Å². The van der Waals surface area contributed by atoms with Crippen LogP contribution in [-0.4, -0.2) is 40.4 Å². The number of nitrogens with one attached hydrogen (secondary N) is 1. The lowest BCUT2D eigenvalue weighted by Gasteiger charge is -2.71. The molecule has 7 atom stereocenters. The second-order valence-corrected chi connectivity index (χ2v) is 18.0. The van der Waals surface area contributed by atoms with E-state index in [-0.39, 0.29) is 33.0 Å². The number of aliphatic carboxylic acids is 1. The summed E-state index contributed by atoms with van der Waals surface area (Å²) in [5.41, 5.74) is 12.4. The summed E-state index contributed by atoms with van der Waals surface area (Å²) in [6, 6.07) is 4.46. The first-order chi connectivity index (χ1) is 20.9. The summed E-state index contributed by atoms with van der Waals surface area (Å²) in [5, 5.41) is 18.9. The topological polar surface area (TPSA) is 108 Å². The molecule has 0 aromatic carbocycles. The molecule has 2 heterocycles. The van der Waals surface area contributed by atoms with E-state index in [1.807, 2.05) is 6.20 Å². The van der Waals surface area contributed by atoms with Crippen molar-refractivity contribution in [3.63, 3.8) is 0 Å². The minimum Gasteiger partial charge on any atom is -0.481 e. The number of fused-ring (bicyclic) bond motifs is 8. The smallest absolute Gasteiger partial charge is 0.310 e. The number of H-pyrrole nitrogens is 1. The Morgan fingerprint density at radius 2 is 1.73 bits per heavy atom. The molecule has 7 nitrogen and oxygen atoms in total. The first-order valence-corrected chi connectivity index (χ1v) is 17.4. The fraction of sp³-hybridized carbons (Fsp3) is 0.711. The minimum atomic E-state index is -0.690. The fourth-order valence-corrected chi connectivity index (χ4v) is 12.3. The van der Waals surface area contributed by atoms with Gasteiger partial charge in [-0.25, -0.2) is 4.98 Å². The molecule has 2 aromatic heterocycles. The third kappa shape index (κ3) is 3.91. The van der Waals surface area contributed by atoms with E-state index >= 15 is 0 Å². The Morgan fingerprint density at radius 3 is 2.42 bits per heavy atom. The highest BCUT2D eigenvalue weighted by atomic mass is 16.4. The van der Waals surface area contributed by atoms with E-state index in [0.29, 0.717) is 17.7 Å². The van der Waals surface area contributed by atoms with E-state index in [1.54, 1.807) is 0 Å². The summed E-state index contributed by atoms with van der Waals surface area (Å²) < 4.78 is 0. The quantitative estimate of drug-likeness (QED) is 0.325. The van der Waals surface area contributed by atoms with Crippen LogP contribution >= 0.6 is 0 Å². The standard InChI is InChI=1S/C38H55N5O2/c1-33(2)13-15-38(32(44)45)16-14-37(7)29(25(38)21-33)23(22-11-17-40-28(18-22)43(8)9)19-27-35(5)20-24-30(41-42-31(24)39)34(3,4)26(35)10-12-36(27,37)6/h11,17-18,25-27H,10,12-16,19-21H2,1-9H3,(H,44,45)(H3,39,41,42)/t25-,26-,27?,35-,36+,37+,38-/m0/s1. The van der Waals surface area contributed by atoms with Gasteiger partial charge in [0, 0.05) is 37.0 Å². The number of anilines is 2. The van der Waals surface area contributed by atoms with Crippen molar-refractivity contribution in [2.24, 2.45) is 44.8 Å². The van der Waals surface area contributed by atoms with Gasteiger partial charge in [0.1, 0.15) is 11.6 Å². The van der Waals surface area contributed by atoms with E-state index in [9.17, 15) is 9.90 Å². The highest BCUT2D eigenvalue weighted by Crippen LogP contribution is 2.77. The number of aromatic nitrogens is 3. The van der Waals surface area contributed by atoms with Crippen LogP contribution in [-0.2, 0) is 16.6 Å². The van der Waals surface area contributed by atoms with E-state index in [4.69, 9.17) is 10.7 Å². The molecule has 5 aliphatic rings. The lowest BCUT2D eigenvalue weighted by atomic mass is 9.33. The Kier molecular flexibility index (Phi) is 6.42. The number of allylic oxidation sites excluding steroid dienone is 2. The summed E-state index contributed by atoms with van der Waals surface area (Å²) >= 11 is 0. The zero-order valence-corrected chi connectivity index (χ0v) is 29.1. The Morgan fingerprint density at radius 1 is 1.02 bits per heavy atom. The molecule has 1 unspecified atom stereocenters. The normalized spacial score (nSPS) is 39.5. The summed E-state index contributed by atoms with van der Waals surface area (Å²) in [5.74, 6) is 1.96. The number of hydrogen-bond donors (Lipinski definition) is 3. The number of rotatable bonds is 3. The van der Waals surface area contributed by atoms with Gasteiger partial charge in [-0.2, -0.15) is 5.10 Å². The number of carboxylic acid groups (broad SMARTS) is 1. The first-order valence-electron chi connectivity index (χ1n) is 17.4. The van der Waals surface area contributed by atoms with Crippen LogP contribution in [0.3, 0.4) is 0 Å². The molecular weight excluding hydrogens is 558 g/mol. The van der Waals surface area contributed by atoms with Crippen molar-refractivity contribution in [3.05, 3.63) is 40.7 Å². The van der Waals surface area contributed by atoms with Crippen molar-refractivity contribution in [3.8, 4) is 0 Å². The molecule has 0 amide bonds. The molecule has 4 N–H and O–H groups in total. The molecule has 0 spiro atoms. The van der Waals surface area contributed by atoms with Gasteiger partial charge in [0.05, 0.1) is 5.41 Å². The number of nitrogens with zero attached hydrogens (tertiary/aromatic N) is 3. The van der Waals surface area contributed by atoms with Gasteiger partial charge in [-0.3, -0.25) is 9.89 Å². The summed E-state index contributed by atoms with van der Waals surface area (Å²) in [7, 11) is 4.10. The molecule has 2 aromatic rings. The molecule has 7 heteroatoms. The van der Waals surface area contributed by atoms with Gasteiger partial charge >= 0.3 is 5.97 Å². The summed E-state index contributed by atoms with van der Waals surface area (Å²) in [6.07, 6.45) is 10.5. The molecule has 3 saturated carbocycles. The van der Waals surface area contributed by atoms with Crippen LogP contribution in [0.4, 0.5) is 11.6 Å². The van der Waals surface area contributed by atoms with Gasteiger partial charge in [0.25, 0.3) is 0 Å². The predicted octanol–water partition coefficient (Wildman–Crippen LogP) is 7.88. The maximum absolute atomic E-state index is 13.4. The van der Waals surface area contributed by atoms with Gasteiger partial charge in [-0.1, -0.05) is 54.0 Å². The Labute approximate surface area is 269 Å². The minimum absolute atomic E-state index is 0.0197. The van der Waals surface area contributed by atoms with Crippen molar-refractivity contribution in [2.45, 2.75) is 112 Å². The van der Waals surface area contributed by atoms with Crippen LogP contribution < -0.4 is 10.6 Å². The number of pyridine rings is 1. The van der Waals surface area contributed by atoms with Crippen LogP contribution in [0.2, 0.25) is 0 Å². The molecule has 0 saturated heterocycles. The van der Waals surface area contributed by atoms with Crippen LogP contribution in [0.5, 0.6) is 0 Å². The van der Waals surface area contributed by atoms with Gasteiger partial charge in [-0.15, -0.1) is 0 Å². The molecule has 0 radical (unpaired) electrons. The number of nitrogens with two attached hydrogens (primary N) is 1. The molecular formula is C38H55N5O2. The maximum atomic E-state index is 13.4. The highest BCUT2D eigenvalue weighted by molar-refractivity contribution is 5.80. The lowest BCUT2D eigenvalue weighted by Crippen LogP contribution is -2.65. The van der Waals surface area contributed by atoms with Crippen molar-refractivity contribution in [1.29, 1.82) is 0 Å². The van der Waals surface area contributed by atoms with Gasteiger partial charge in [-0.05, 0) is 120 Å². The second-order valence-electron chi connectivity index (χ2n) is 18.0. The second kappa shape index (κ2) is 9.38. The number of hydrogen-bond acceptors (Lipinski definition) is 5. The van der Waals surface area contributed by atoms with E-state index in [2.05, 4.69) is 89.8 Å². The third-order valence-electron chi connectivity index (χ3n) is 14.9. The Hall–Kier alpha value is -2.83. The van der Waals surface area contributed by atoms with Crippen LogP contribution in [0, 0.1) is 44.8 Å². The number of aromatic amines is 1. The molecule has 7 rings (SSSR count). The molecule has 0 aliphatic heterocycles.